The van der Waals surface area contributed by atoms with E-state index in [1.54, 1.807) is 13.2 Å². The number of methoxy groups -OCH3 is 1. The van der Waals surface area contributed by atoms with Crippen LogP contribution >= 0.6 is 0 Å². The molecule has 1 fully saturated rings. The van der Waals surface area contributed by atoms with Crippen molar-refractivity contribution in [3.8, 4) is 11.5 Å². The highest BCUT2D eigenvalue weighted by Crippen LogP contribution is 2.29. The average Bonchev–Trinajstić information content (AvgIpc) is 2.71. The van der Waals surface area contributed by atoms with Crippen LogP contribution in [0, 0.1) is 13.8 Å². The van der Waals surface area contributed by atoms with Gasteiger partial charge in [0.25, 0.3) is 0 Å². The molecular weight excluding hydrogens is 364 g/mol. The van der Waals surface area contributed by atoms with E-state index in [0.717, 1.165) is 38.3 Å². The predicted octanol–water partition coefficient (Wildman–Crippen LogP) is 4.07. The Morgan fingerprint density at radius 1 is 1.07 bits per heavy atom. The van der Waals surface area contributed by atoms with Crippen LogP contribution in [0.4, 0.5) is 5.69 Å². The first kappa shape index (κ1) is 20.9. The topological polar surface area (TPSA) is 42.0 Å². The molecule has 1 saturated heterocycles. The largest absolute Gasteiger partial charge is 0.493 e. The third-order valence-electron chi connectivity index (χ3n) is 5.40. The third kappa shape index (κ3) is 5.39. The Balaban J connectivity index is 1.54. The van der Waals surface area contributed by atoms with E-state index < -0.39 is 0 Å². The Hall–Kier alpha value is -2.79. The number of nitrogens with zero attached hydrogens (tertiary/aromatic N) is 2. The van der Waals surface area contributed by atoms with Crippen molar-refractivity contribution >= 4 is 17.7 Å². The van der Waals surface area contributed by atoms with Gasteiger partial charge in [-0.3, -0.25) is 9.69 Å². The second-order valence-electron chi connectivity index (χ2n) is 7.41. The summed E-state index contributed by atoms with van der Waals surface area (Å²) < 4.78 is 10.5. The summed E-state index contributed by atoms with van der Waals surface area (Å²) in [6.45, 7) is 10.9. The first-order chi connectivity index (χ1) is 14.0. The fourth-order valence-electron chi connectivity index (χ4n) is 3.61. The fourth-order valence-corrected chi connectivity index (χ4v) is 3.61. The average molecular weight is 395 g/mol. The lowest BCUT2D eigenvalue weighted by molar-refractivity contribution is -0.132. The van der Waals surface area contributed by atoms with Crippen LogP contribution in [0.2, 0.25) is 0 Å². The molecule has 1 aliphatic heterocycles. The summed E-state index contributed by atoms with van der Waals surface area (Å²) in [5, 5.41) is 0. The molecular formula is C24H30N2O3. The van der Waals surface area contributed by atoms with Gasteiger partial charge in [-0.25, -0.2) is 0 Å². The smallest absolute Gasteiger partial charge is 0.308 e. The zero-order valence-electron chi connectivity index (χ0n) is 17.8. The monoisotopic (exact) mass is 394 g/mol. The molecule has 1 heterocycles. The molecule has 0 unspecified atom stereocenters. The number of carbonyl (C=O) groups is 1. The lowest BCUT2D eigenvalue weighted by Crippen LogP contribution is -2.46. The number of hydrogen-bond donors (Lipinski definition) is 0. The van der Waals surface area contributed by atoms with E-state index in [2.05, 4.69) is 54.0 Å². The van der Waals surface area contributed by atoms with Crippen LogP contribution in [-0.2, 0) is 4.79 Å². The van der Waals surface area contributed by atoms with Gasteiger partial charge in [-0.2, -0.15) is 0 Å². The van der Waals surface area contributed by atoms with E-state index in [4.69, 9.17) is 9.47 Å². The van der Waals surface area contributed by atoms with Crippen molar-refractivity contribution in [3.05, 3.63) is 59.2 Å². The highest BCUT2D eigenvalue weighted by Gasteiger charge is 2.17. The van der Waals surface area contributed by atoms with Crippen LogP contribution in [0.25, 0.3) is 6.08 Å². The summed E-state index contributed by atoms with van der Waals surface area (Å²) in [6, 6.07) is 12.1. The van der Waals surface area contributed by atoms with Gasteiger partial charge < -0.3 is 14.4 Å². The Bertz CT molecular complexity index is 884. The second kappa shape index (κ2) is 9.61. The minimum atomic E-state index is -0.355. The molecule has 3 rings (SSSR count). The predicted molar refractivity (Wildman–Crippen MR) is 118 cm³/mol. The summed E-state index contributed by atoms with van der Waals surface area (Å²) in [6.07, 6.45) is 4.25. The SMILES string of the molecule is COc1cc(/C=C\CN2CCN(c3cccc(C)c3C)CC2)ccc1OC(C)=O. The van der Waals surface area contributed by atoms with Gasteiger partial charge in [0.05, 0.1) is 7.11 Å². The molecule has 29 heavy (non-hydrogen) atoms. The van der Waals surface area contributed by atoms with Crippen molar-refractivity contribution in [2.45, 2.75) is 20.8 Å². The number of esters is 1. The van der Waals surface area contributed by atoms with Gasteiger partial charge in [0.15, 0.2) is 11.5 Å². The van der Waals surface area contributed by atoms with Crippen molar-refractivity contribution in [1.29, 1.82) is 0 Å². The van der Waals surface area contributed by atoms with Crippen LogP contribution in [0.15, 0.2) is 42.5 Å². The summed E-state index contributed by atoms with van der Waals surface area (Å²) in [5.74, 6) is 0.649. The maximum atomic E-state index is 11.2. The van der Waals surface area contributed by atoms with Crippen molar-refractivity contribution in [2.75, 3.05) is 44.7 Å². The third-order valence-corrected chi connectivity index (χ3v) is 5.40. The van der Waals surface area contributed by atoms with Gasteiger partial charge in [0, 0.05) is 45.3 Å². The van der Waals surface area contributed by atoms with E-state index in [9.17, 15) is 4.79 Å². The summed E-state index contributed by atoms with van der Waals surface area (Å²) in [7, 11) is 1.57. The van der Waals surface area contributed by atoms with Gasteiger partial charge >= 0.3 is 5.97 Å². The first-order valence-electron chi connectivity index (χ1n) is 10.0. The standard InChI is InChI=1S/C24H30N2O3/c1-18-7-5-9-22(19(18)2)26-15-13-25(14-16-26)12-6-8-21-10-11-23(29-20(3)27)24(17-21)28-4/h5-11,17H,12-16H2,1-4H3/b8-6-. The number of rotatable bonds is 6. The number of ether oxygens (including phenoxy) is 2. The number of hydrogen-bond acceptors (Lipinski definition) is 5. The molecule has 154 valence electrons. The highest BCUT2D eigenvalue weighted by atomic mass is 16.6. The lowest BCUT2D eigenvalue weighted by atomic mass is 10.1. The molecule has 0 aliphatic carbocycles. The minimum absolute atomic E-state index is 0.355. The molecule has 0 bridgehead atoms. The van der Waals surface area contributed by atoms with Crippen LogP contribution < -0.4 is 14.4 Å². The molecule has 0 atom stereocenters. The molecule has 2 aromatic carbocycles. The molecule has 0 radical (unpaired) electrons. The molecule has 0 saturated carbocycles. The fraction of sp³-hybridized carbons (Fsp3) is 0.375. The second-order valence-corrected chi connectivity index (χ2v) is 7.41. The van der Waals surface area contributed by atoms with Gasteiger partial charge in [0.2, 0.25) is 0 Å². The van der Waals surface area contributed by atoms with Gasteiger partial charge in [-0.15, -0.1) is 0 Å². The van der Waals surface area contributed by atoms with Crippen LogP contribution in [0.5, 0.6) is 11.5 Å². The van der Waals surface area contributed by atoms with Crippen LogP contribution in [-0.4, -0.2) is 50.7 Å². The maximum Gasteiger partial charge on any atom is 0.308 e. The zero-order chi connectivity index (χ0) is 20.8. The summed E-state index contributed by atoms with van der Waals surface area (Å²) in [4.78, 5) is 16.1. The molecule has 5 heteroatoms. The number of benzene rings is 2. The number of carbonyl (C=O) groups excluding carboxylic acids is 1. The Morgan fingerprint density at radius 2 is 1.83 bits per heavy atom. The van der Waals surface area contributed by atoms with Crippen molar-refractivity contribution < 1.29 is 14.3 Å². The van der Waals surface area contributed by atoms with Crippen LogP contribution in [0.1, 0.15) is 23.6 Å². The van der Waals surface area contributed by atoms with E-state index in [1.807, 2.05) is 12.1 Å². The molecule has 1 aliphatic rings. The summed E-state index contributed by atoms with van der Waals surface area (Å²) >= 11 is 0. The van der Waals surface area contributed by atoms with E-state index in [0.29, 0.717) is 11.5 Å². The molecule has 0 amide bonds. The van der Waals surface area contributed by atoms with E-state index in [1.165, 1.54) is 23.7 Å². The van der Waals surface area contributed by atoms with Crippen molar-refractivity contribution in [3.63, 3.8) is 0 Å². The number of piperazine rings is 1. The normalized spacial score (nSPS) is 15.0. The number of aryl methyl sites for hydroxylation is 1. The van der Waals surface area contributed by atoms with E-state index in [-0.39, 0.29) is 5.97 Å². The van der Waals surface area contributed by atoms with Gasteiger partial charge in [-0.05, 0) is 48.7 Å². The Morgan fingerprint density at radius 3 is 2.52 bits per heavy atom. The minimum Gasteiger partial charge on any atom is -0.493 e. The van der Waals surface area contributed by atoms with Gasteiger partial charge in [-0.1, -0.05) is 30.4 Å². The quantitative estimate of drug-likeness (QED) is 0.546. The first-order valence-corrected chi connectivity index (χ1v) is 10.0. The molecule has 0 aromatic heterocycles. The molecule has 2 aromatic rings. The molecule has 5 nitrogen and oxygen atoms in total. The number of anilines is 1. The Labute approximate surface area is 173 Å². The van der Waals surface area contributed by atoms with Crippen LogP contribution in [0.3, 0.4) is 0 Å². The Kier molecular flexibility index (Phi) is 6.94. The maximum absolute atomic E-state index is 11.2. The highest BCUT2D eigenvalue weighted by molar-refractivity contribution is 5.71. The van der Waals surface area contributed by atoms with E-state index >= 15 is 0 Å². The molecule has 0 N–H and O–H groups in total. The van der Waals surface area contributed by atoms with Crippen molar-refractivity contribution in [2.24, 2.45) is 0 Å². The molecule has 0 spiro atoms. The zero-order valence-corrected chi connectivity index (χ0v) is 17.8. The van der Waals surface area contributed by atoms with Gasteiger partial charge in [0.1, 0.15) is 0 Å². The lowest BCUT2D eigenvalue weighted by Gasteiger charge is -2.36. The summed E-state index contributed by atoms with van der Waals surface area (Å²) in [5.41, 5.74) is 5.11. The van der Waals surface area contributed by atoms with Crippen molar-refractivity contribution in [1.82, 2.24) is 4.90 Å².